The number of rotatable bonds is 1. The van der Waals surface area contributed by atoms with Crippen molar-refractivity contribution >= 4 is 11.8 Å². The molecule has 0 saturated carbocycles. The maximum Gasteiger partial charge on any atom is 0.412 e. The summed E-state index contributed by atoms with van der Waals surface area (Å²) in [6.45, 7) is 5.49. The summed E-state index contributed by atoms with van der Waals surface area (Å²) in [4.78, 5) is 11.8. The molecule has 1 unspecified atom stereocenters. The summed E-state index contributed by atoms with van der Waals surface area (Å²) >= 11 is 0. The highest BCUT2D eigenvalue weighted by Gasteiger charge is 2.21. The van der Waals surface area contributed by atoms with E-state index < -0.39 is 11.7 Å². The Balaban J connectivity index is 2.15. The largest absolute Gasteiger partial charge is 0.444 e. The van der Waals surface area contributed by atoms with Crippen LogP contribution in [0.3, 0.4) is 0 Å². The molecule has 1 aromatic carbocycles. The third-order valence-corrected chi connectivity index (χ3v) is 3.10. The van der Waals surface area contributed by atoms with Crippen molar-refractivity contribution in [2.24, 2.45) is 0 Å². The number of hydrogen-bond donors (Lipinski definition) is 2. The first kappa shape index (κ1) is 13.9. The second-order valence-electron chi connectivity index (χ2n) is 5.97. The first-order chi connectivity index (χ1) is 8.85. The molecule has 104 valence electrons. The molecule has 0 aromatic heterocycles. The normalized spacial score (nSPS) is 18.6. The van der Waals surface area contributed by atoms with Gasteiger partial charge < -0.3 is 9.84 Å². The lowest BCUT2D eigenvalue weighted by Gasteiger charge is -2.24. The van der Waals surface area contributed by atoms with E-state index in [1.165, 1.54) is 5.56 Å². The summed E-state index contributed by atoms with van der Waals surface area (Å²) < 4.78 is 5.25. The summed E-state index contributed by atoms with van der Waals surface area (Å²) in [6, 6.07) is 5.81. The molecule has 2 N–H and O–H groups in total. The molecule has 1 aliphatic carbocycles. The van der Waals surface area contributed by atoms with Gasteiger partial charge in [-0.05, 0) is 50.8 Å². The number of aliphatic hydroxyl groups excluding tert-OH is 1. The van der Waals surface area contributed by atoms with Gasteiger partial charge in [0.25, 0.3) is 0 Å². The van der Waals surface area contributed by atoms with Gasteiger partial charge in [-0.25, -0.2) is 4.79 Å². The molecule has 0 fully saturated rings. The molecule has 0 aliphatic heterocycles. The number of fused-ring (bicyclic) bond motifs is 1. The quantitative estimate of drug-likeness (QED) is 0.819. The van der Waals surface area contributed by atoms with Crippen molar-refractivity contribution in [3.8, 4) is 0 Å². The van der Waals surface area contributed by atoms with Crippen LogP contribution in [-0.2, 0) is 17.6 Å². The number of ether oxygens (including phenoxy) is 1. The molecule has 0 spiro atoms. The Hall–Kier alpha value is -1.55. The maximum atomic E-state index is 11.8. The topological polar surface area (TPSA) is 58.6 Å². The minimum Gasteiger partial charge on any atom is -0.444 e. The summed E-state index contributed by atoms with van der Waals surface area (Å²) in [7, 11) is 0. The summed E-state index contributed by atoms with van der Waals surface area (Å²) in [5.74, 6) is 0. The minimum atomic E-state index is -0.515. The number of aryl methyl sites for hydroxylation is 1. The van der Waals surface area contributed by atoms with E-state index in [4.69, 9.17) is 4.74 Å². The average molecular weight is 263 g/mol. The number of anilines is 1. The highest BCUT2D eigenvalue weighted by atomic mass is 16.6. The van der Waals surface area contributed by atoms with E-state index in [0.29, 0.717) is 6.42 Å². The van der Waals surface area contributed by atoms with Crippen LogP contribution in [0.2, 0.25) is 0 Å². The molecule has 0 radical (unpaired) electrons. The Bertz CT molecular complexity index is 477. The maximum absolute atomic E-state index is 11.8. The van der Waals surface area contributed by atoms with E-state index in [1.54, 1.807) is 0 Å². The van der Waals surface area contributed by atoms with Gasteiger partial charge in [-0.2, -0.15) is 0 Å². The zero-order valence-corrected chi connectivity index (χ0v) is 11.7. The SMILES string of the molecule is CC(C)(C)OC(=O)Nc1cccc2c1CC(O)CC2. The molecule has 0 heterocycles. The molecule has 2 rings (SSSR count). The van der Waals surface area contributed by atoms with Gasteiger partial charge in [0.1, 0.15) is 5.60 Å². The minimum absolute atomic E-state index is 0.325. The fourth-order valence-corrected chi connectivity index (χ4v) is 2.30. The highest BCUT2D eigenvalue weighted by Crippen LogP contribution is 2.28. The Morgan fingerprint density at radius 2 is 2.16 bits per heavy atom. The Labute approximate surface area is 113 Å². The lowest BCUT2D eigenvalue weighted by molar-refractivity contribution is 0.0635. The van der Waals surface area contributed by atoms with E-state index in [9.17, 15) is 9.90 Å². The third-order valence-electron chi connectivity index (χ3n) is 3.10. The van der Waals surface area contributed by atoms with Gasteiger partial charge in [-0.15, -0.1) is 0 Å². The molecule has 4 heteroatoms. The Kier molecular flexibility index (Phi) is 3.80. The van der Waals surface area contributed by atoms with Gasteiger partial charge >= 0.3 is 6.09 Å². The van der Waals surface area contributed by atoms with Crippen LogP contribution in [0.25, 0.3) is 0 Å². The van der Waals surface area contributed by atoms with Crippen LogP contribution in [0.4, 0.5) is 10.5 Å². The molecule has 1 aromatic rings. The van der Waals surface area contributed by atoms with Crippen molar-refractivity contribution in [2.45, 2.75) is 51.7 Å². The van der Waals surface area contributed by atoms with Crippen molar-refractivity contribution in [1.82, 2.24) is 0 Å². The summed E-state index contributed by atoms with van der Waals surface area (Å²) in [5.41, 5.74) is 2.44. The molecule has 1 amide bonds. The molecule has 4 nitrogen and oxygen atoms in total. The van der Waals surface area contributed by atoms with Crippen molar-refractivity contribution in [2.75, 3.05) is 5.32 Å². The van der Waals surface area contributed by atoms with Crippen LogP contribution < -0.4 is 5.32 Å². The predicted molar refractivity (Wildman–Crippen MR) is 74.3 cm³/mol. The van der Waals surface area contributed by atoms with Crippen LogP contribution in [0.1, 0.15) is 38.3 Å². The van der Waals surface area contributed by atoms with Crippen LogP contribution in [-0.4, -0.2) is 22.9 Å². The zero-order valence-electron chi connectivity index (χ0n) is 11.7. The van der Waals surface area contributed by atoms with Gasteiger partial charge in [-0.1, -0.05) is 12.1 Å². The second-order valence-corrected chi connectivity index (χ2v) is 5.97. The fourth-order valence-electron chi connectivity index (χ4n) is 2.30. The number of hydrogen-bond acceptors (Lipinski definition) is 3. The number of nitrogens with one attached hydrogen (secondary N) is 1. The number of benzene rings is 1. The van der Waals surface area contributed by atoms with Gasteiger partial charge in [0.2, 0.25) is 0 Å². The second kappa shape index (κ2) is 5.21. The van der Waals surface area contributed by atoms with E-state index >= 15 is 0 Å². The molecule has 1 aliphatic rings. The lowest BCUT2D eigenvalue weighted by Crippen LogP contribution is -2.28. The van der Waals surface area contributed by atoms with E-state index in [2.05, 4.69) is 5.32 Å². The number of aliphatic hydroxyl groups is 1. The molecule has 19 heavy (non-hydrogen) atoms. The van der Waals surface area contributed by atoms with Crippen LogP contribution in [0, 0.1) is 0 Å². The standard InChI is InChI=1S/C15H21NO3/c1-15(2,3)19-14(18)16-13-6-4-5-10-7-8-11(17)9-12(10)13/h4-6,11,17H,7-9H2,1-3H3,(H,16,18). The van der Waals surface area contributed by atoms with Gasteiger partial charge in [-0.3, -0.25) is 5.32 Å². The number of carbonyl (C=O) groups excluding carboxylic acids is 1. The van der Waals surface area contributed by atoms with Crippen molar-refractivity contribution in [3.05, 3.63) is 29.3 Å². The van der Waals surface area contributed by atoms with Gasteiger partial charge in [0.05, 0.1) is 6.10 Å². The first-order valence-electron chi connectivity index (χ1n) is 6.64. The van der Waals surface area contributed by atoms with Crippen LogP contribution >= 0.6 is 0 Å². The Morgan fingerprint density at radius 1 is 1.42 bits per heavy atom. The summed E-state index contributed by atoms with van der Waals surface area (Å²) in [5, 5.41) is 12.5. The molecule has 0 bridgehead atoms. The summed E-state index contributed by atoms with van der Waals surface area (Å²) in [6.07, 6.45) is 1.43. The zero-order chi connectivity index (χ0) is 14.0. The van der Waals surface area contributed by atoms with Crippen LogP contribution in [0.5, 0.6) is 0 Å². The average Bonchev–Trinajstić information content (AvgIpc) is 2.27. The van der Waals surface area contributed by atoms with E-state index in [-0.39, 0.29) is 6.10 Å². The van der Waals surface area contributed by atoms with Crippen molar-refractivity contribution < 1.29 is 14.6 Å². The third kappa shape index (κ3) is 3.70. The van der Waals surface area contributed by atoms with E-state index in [1.807, 2.05) is 39.0 Å². The van der Waals surface area contributed by atoms with Gasteiger partial charge in [0, 0.05) is 12.1 Å². The number of carbonyl (C=O) groups is 1. The van der Waals surface area contributed by atoms with Crippen molar-refractivity contribution in [3.63, 3.8) is 0 Å². The first-order valence-corrected chi connectivity index (χ1v) is 6.64. The van der Waals surface area contributed by atoms with E-state index in [0.717, 1.165) is 24.1 Å². The molecular weight excluding hydrogens is 242 g/mol. The lowest BCUT2D eigenvalue weighted by atomic mass is 9.88. The monoisotopic (exact) mass is 263 g/mol. The van der Waals surface area contributed by atoms with Gasteiger partial charge in [0.15, 0.2) is 0 Å². The van der Waals surface area contributed by atoms with Crippen molar-refractivity contribution in [1.29, 1.82) is 0 Å². The Morgan fingerprint density at radius 3 is 2.84 bits per heavy atom. The molecular formula is C15H21NO3. The highest BCUT2D eigenvalue weighted by molar-refractivity contribution is 5.86. The van der Waals surface area contributed by atoms with Crippen LogP contribution in [0.15, 0.2) is 18.2 Å². The number of amides is 1. The molecule has 1 atom stereocenters. The fraction of sp³-hybridized carbons (Fsp3) is 0.533. The predicted octanol–water partition coefficient (Wildman–Crippen LogP) is 2.88. The molecule has 0 saturated heterocycles. The smallest absolute Gasteiger partial charge is 0.412 e.